The Morgan fingerprint density at radius 2 is 1.97 bits per heavy atom. The summed E-state index contributed by atoms with van der Waals surface area (Å²) in [6.07, 6.45) is 5.06. The van der Waals surface area contributed by atoms with Crippen molar-refractivity contribution in [2.24, 2.45) is 5.73 Å². The Labute approximate surface area is 170 Å². The Hall–Kier alpha value is -2.74. The van der Waals surface area contributed by atoms with Gasteiger partial charge in [-0.2, -0.15) is 0 Å². The number of benzene rings is 2. The number of aromatic nitrogens is 1. The largest absolute Gasteiger partial charge is 0.488 e. The molecule has 7 heteroatoms. The van der Waals surface area contributed by atoms with Crippen molar-refractivity contribution in [2.75, 3.05) is 13.1 Å². The summed E-state index contributed by atoms with van der Waals surface area (Å²) < 4.78 is 0. The van der Waals surface area contributed by atoms with Gasteiger partial charge in [-0.3, -0.25) is 9.78 Å². The van der Waals surface area contributed by atoms with E-state index >= 15 is 0 Å². The smallest absolute Gasteiger partial charge is 0.423 e. The normalized spacial score (nSPS) is 14.9. The lowest BCUT2D eigenvalue weighted by Crippen LogP contribution is -2.39. The average Bonchev–Trinajstić information content (AvgIpc) is 2.78. The standard InChI is InChI=1S/C22H24BN3O3/c24-13-15-2-1-3-17(10-15)16-5-8-26(9-6-16)22(27)20-12-19(23(28)29)11-18-4-7-25-14-21(18)20/h1-4,7,10-12,14,16,28-29H,5-6,8-9,13,24H2. The third-order valence-electron chi connectivity index (χ3n) is 5.75. The van der Waals surface area contributed by atoms with Crippen LogP contribution in [0, 0.1) is 0 Å². The van der Waals surface area contributed by atoms with Crippen molar-refractivity contribution in [3.05, 3.63) is 71.5 Å². The van der Waals surface area contributed by atoms with E-state index in [1.807, 2.05) is 17.0 Å². The molecule has 1 amide bonds. The van der Waals surface area contributed by atoms with Crippen molar-refractivity contribution in [3.8, 4) is 0 Å². The van der Waals surface area contributed by atoms with Gasteiger partial charge in [0.25, 0.3) is 5.91 Å². The molecule has 1 aromatic heterocycles. The van der Waals surface area contributed by atoms with E-state index in [9.17, 15) is 14.8 Å². The van der Waals surface area contributed by atoms with Crippen molar-refractivity contribution < 1.29 is 14.8 Å². The van der Waals surface area contributed by atoms with Crippen LogP contribution in [0.1, 0.15) is 40.2 Å². The van der Waals surface area contributed by atoms with E-state index < -0.39 is 7.12 Å². The van der Waals surface area contributed by atoms with Gasteiger partial charge < -0.3 is 20.7 Å². The molecule has 1 fully saturated rings. The summed E-state index contributed by atoms with van der Waals surface area (Å²) in [6.45, 7) is 1.84. The van der Waals surface area contributed by atoms with E-state index in [2.05, 4.69) is 17.1 Å². The third-order valence-corrected chi connectivity index (χ3v) is 5.75. The van der Waals surface area contributed by atoms with Crippen molar-refractivity contribution in [1.82, 2.24) is 9.88 Å². The molecule has 2 aromatic carbocycles. The molecule has 6 nitrogen and oxygen atoms in total. The Balaban J connectivity index is 1.55. The molecule has 0 aliphatic carbocycles. The summed E-state index contributed by atoms with van der Waals surface area (Å²) in [6, 6.07) is 13.4. The van der Waals surface area contributed by atoms with Crippen molar-refractivity contribution >= 4 is 29.3 Å². The number of likely N-dealkylation sites (tertiary alicyclic amines) is 1. The molecular weight excluding hydrogens is 365 g/mol. The number of pyridine rings is 1. The van der Waals surface area contributed by atoms with Gasteiger partial charge >= 0.3 is 7.12 Å². The molecule has 29 heavy (non-hydrogen) atoms. The average molecular weight is 389 g/mol. The molecule has 2 heterocycles. The maximum absolute atomic E-state index is 13.3. The zero-order chi connectivity index (χ0) is 20.4. The van der Waals surface area contributed by atoms with Gasteiger partial charge in [-0.15, -0.1) is 0 Å². The Morgan fingerprint density at radius 3 is 2.69 bits per heavy atom. The molecule has 3 aromatic rings. The molecule has 4 N–H and O–H groups in total. The summed E-state index contributed by atoms with van der Waals surface area (Å²) in [5, 5.41) is 20.7. The van der Waals surface area contributed by atoms with Gasteiger partial charge in [0.05, 0.1) is 0 Å². The number of nitrogens with two attached hydrogens (primary N) is 1. The van der Waals surface area contributed by atoms with E-state index in [-0.39, 0.29) is 5.91 Å². The summed E-state index contributed by atoms with van der Waals surface area (Å²) in [5.74, 6) is 0.314. The van der Waals surface area contributed by atoms with Crippen LogP contribution in [-0.2, 0) is 6.54 Å². The molecule has 0 radical (unpaired) electrons. The highest BCUT2D eigenvalue weighted by Gasteiger charge is 2.27. The fourth-order valence-corrected chi connectivity index (χ4v) is 4.11. The van der Waals surface area contributed by atoms with Gasteiger partial charge in [-0.05, 0) is 52.9 Å². The van der Waals surface area contributed by atoms with Gasteiger partial charge in [0, 0.05) is 43.0 Å². The number of nitrogens with zero attached hydrogens (tertiary/aromatic N) is 2. The number of fused-ring (bicyclic) bond motifs is 1. The zero-order valence-electron chi connectivity index (χ0n) is 16.2. The second-order valence-corrected chi connectivity index (χ2v) is 7.55. The topological polar surface area (TPSA) is 99.7 Å². The summed E-state index contributed by atoms with van der Waals surface area (Å²) in [5.41, 5.74) is 8.93. The number of carbonyl (C=O) groups is 1. The van der Waals surface area contributed by atoms with E-state index in [1.54, 1.807) is 30.6 Å². The van der Waals surface area contributed by atoms with Crippen LogP contribution >= 0.6 is 0 Å². The molecule has 0 unspecified atom stereocenters. The minimum Gasteiger partial charge on any atom is -0.423 e. The zero-order valence-corrected chi connectivity index (χ0v) is 16.2. The van der Waals surface area contributed by atoms with Gasteiger partial charge in [-0.1, -0.05) is 30.3 Å². The lowest BCUT2D eigenvalue weighted by Gasteiger charge is -2.32. The van der Waals surface area contributed by atoms with Crippen LogP contribution in [0.5, 0.6) is 0 Å². The van der Waals surface area contributed by atoms with Crippen LogP contribution in [0.4, 0.5) is 0 Å². The molecule has 1 saturated heterocycles. The molecule has 1 aliphatic rings. The minimum absolute atomic E-state index is 0.0975. The number of hydrogen-bond donors (Lipinski definition) is 3. The van der Waals surface area contributed by atoms with E-state index in [0.717, 1.165) is 29.2 Å². The first-order chi connectivity index (χ1) is 14.1. The summed E-state index contributed by atoms with van der Waals surface area (Å²) >= 11 is 0. The molecule has 148 valence electrons. The van der Waals surface area contributed by atoms with Crippen molar-refractivity contribution in [1.29, 1.82) is 0 Å². The SMILES string of the molecule is NCc1cccc(C2CCN(C(=O)c3cc(B(O)O)cc4ccncc34)CC2)c1. The van der Waals surface area contributed by atoms with Gasteiger partial charge in [0.15, 0.2) is 0 Å². The van der Waals surface area contributed by atoms with Crippen molar-refractivity contribution in [2.45, 2.75) is 25.3 Å². The monoisotopic (exact) mass is 389 g/mol. The highest BCUT2D eigenvalue weighted by molar-refractivity contribution is 6.59. The van der Waals surface area contributed by atoms with Crippen LogP contribution in [0.25, 0.3) is 10.8 Å². The second-order valence-electron chi connectivity index (χ2n) is 7.55. The Morgan fingerprint density at radius 1 is 1.17 bits per heavy atom. The second kappa shape index (κ2) is 8.33. The lowest BCUT2D eigenvalue weighted by atomic mass is 9.78. The lowest BCUT2D eigenvalue weighted by molar-refractivity contribution is 0.0715. The first-order valence-corrected chi connectivity index (χ1v) is 9.89. The Kier molecular flexibility index (Phi) is 5.62. The van der Waals surface area contributed by atoms with E-state index in [4.69, 9.17) is 5.73 Å². The maximum atomic E-state index is 13.3. The first kappa shape index (κ1) is 19.6. The number of hydrogen-bond acceptors (Lipinski definition) is 5. The molecule has 0 bridgehead atoms. The molecule has 0 atom stereocenters. The molecule has 0 saturated carbocycles. The van der Waals surface area contributed by atoms with Crippen LogP contribution in [-0.4, -0.2) is 46.0 Å². The first-order valence-electron chi connectivity index (χ1n) is 9.89. The van der Waals surface area contributed by atoms with Crippen LogP contribution in [0.15, 0.2) is 54.9 Å². The molecule has 1 aliphatic heterocycles. The van der Waals surface area contributed by atoms with Crippen molar-refractivity contribution in [3.63, 3.8) is 0 Å². The fourth-order valence-electron chi connectivity index (χ4n) is 4.11. The molecule has 4 rings (SSSR count). The quantitative estimate of drug-likeness (QED) is 0.586. The summed E-state index contributed by atoms with van der Waals surface area (Å²) in [7, 11) is -1.63. The van der Waals surface area contributed by atoms with Crippen LogP contribution in [0.2, 0.25) is 0 Å². The minimum atomic E-state index is -1.63. The summed E-state index contributed by atoms with van der Waals surface area (Å²) in [4.78, 5) is 19.2. The molecule has 0 spiro atoms. The van der Waals surface area contributed by atoms with Crippen LogP contribution in [0.3, 0.4) is 0 Å². The Bertz CT molecular complexity index is 1030. The van der Waals surface area contributed by atoms with Gasteiger partial charge in [-0.25, -0.2) is 0 Å². The van der Waals surface area contributed by atoms with Gasteiger partial charge in [0.2, 0.25) is 0 Å². The maximum Gasteiger partial charge on any atom is 0.488 e. The highest BCUT2D eigenvalue weighted by Crippen LogP contribution is 2.30. The number of piperidine rings is 1. The van der Waals surface area contributed by atoms with E-state index in [1.165, 1.54) is 5.56 Å². The molecular formula is C22H24BN3O3. The van der Waals surface area contributed by atoms with Gasteiger partial charge in [0.1, 0.15) is 0 Å². The fraction of sp³-hybridized carbons (Fsp3) is 0.273. The third kappa shape index (κ3) is 4.03. The number of amides is 1. The predicted molar refractivity (Wildman–Crippen MR) is 114 cm³/mol. The number of rotatable bonds is 4. The number of carbonyl (C=O) groups excluding carboxylic acids is 1. The predicted octanol–water partition coefficient (Wildman–Crippen LogP) is 1.39. The highest BCUT2D eigenvalue weighted by atomic mass is 16.4. The van der Waals surface area contributed by atoms with Crippen LogP contribution < -0.4 is 11.2 Å². The van der Waals surface area contributed by atoms with E-state index in [0.29, 0.717) is 36.6 Å².